The number of benzene rings is 3. The van der Waals surface area contributed by atoms with Crippen molar-refractivity contribution in [3.8, 4) is 22.5 Å². The van der Waals surface area contributed by atoms with Crippen LogP contribution in [0.3, 0.4) is 0 Å². The van der Waals surface area contributed by atoms with Crippen LogP contribution in [-0.4, -0.2) is 14.8 Å². The van der Waals surface area contributed by atoms with Crippen molar-refractivity contribution in [2.24, 2.45) is 0 Å². The second-order valence-electron chi connectivity index (χ2n) is 8.12. The Morgan fingerprint density at radius 2 is 1.50 bits per heavy atom. The van der Waals surface area contributed by atoms with E-state index in [0.717, 1.165) is 17.2 Å². The third kappa shape index (κ3) is 4.29. The fourth-order valence-electron chi connectivity index (χ4n) is 3.94. The maximum absolute atomic E-state index is 14.4. The van der Waals surface area contributed by atoms with Crippen LogP contribution in [0.5, 0.6) is 0 Å². The minimum absolute atomic E-state index is 0.0263. The number of aryl methyl sites for hydroxylation is 1. The van der Waals surface area contributed by atoms with Gasteiger partial charge in [-0.05, 0) is 30.7 Å². The summed E-state index contributed by atoms with van der Waals surface area (Å²) in [6.07, 6.45) is -4.59. The van der Waals surface area contributed by atoms with Gasteiger partial charge in [-0.1, -0.05) is 83.9 Å². The normalized spacial score (nSPS) is 11.8. The maximum atomic E-state index is 14.4. The fraction of sp³-hybridized carbons (Fsp3) is 0.111. The van der Waals surface area contributed by atoms with E-state index >= 15 is 0 Å². The van der Waals surface area contributed by atoms with Gasteiger partial charge < -0.3 is 0 Å². The lowest BCUT2D eigenvalue weighted by Gasteiger charge is -2.12. The molecular weight excluding hydrogens is 459 g/mol. The van der Waals surface area contributed by atoms with Gasteiger partial charge in [0.1, 0.15) is 5.69 Å². The van der Waals surface area contributed by atoms with Crippen molar-refractivity contribution in [1.29, 1.82) is 0 Å². The van der Waals surface area contributed by atoms with E-state index in [1.54, 1.807) is 41.1 Å². The average Bonchev–Trinajstić information content (AvgIpc) is 3.17. The molecule has 0 spiro atoms. The van der Waals surface area contributed by atoms with Gasteiger partial charge in [0.25, 0.3) is 0 Å². The summed E-state index contributed by atoms with van der Waals surface area (Å²) >= 11 is 6.02. The number of hydrogen-bond donors (Lipinski definition) is 0. The smallest absolute Gasteiger partial charge is 0.242 e. The zero-order valence-corrected chi connectivity index (χ0v) is 18.9. The number of fused-ring (bicyclic) bond motifs is 1. The molecule has 0 bridgehead atoms. The molecule has 0 saturated carbocycles. The van der Waals surface area contributed by atoms with Crippen molar-refractivity contribution in [2.45, 2.75) is 19.6 Å². The van der Waals surface area contributed by atoms with Crippen molar-refractivity contribution in [3.63, 3.8) is 0 Å². The van der Waals surface area contributed by atoms with E-state index in [4.69, 9.17) is 11.6 Å². The minimum Gasteiger partial charge on any atom is -0.242 e. The van der Waals surface area contributed by atoms with Gasteiger partial charge in [-0.3, -0.25) is 0 Å². The maximum Gasteiger partial charge on any atom is 0.417 e. The first kappa shape index (κ1) is 22.2. The van der Waals surface area contributed by atoms with Gasteiger partial charge in [0, 0.05) is 16.1 Å². The molecule has 2 heterocycles. The summed E-state index contributed by atoms with van der Waals surface area (Å²) < 4.78 is 44.7. The Kier molecular flexibility index (Phi) is 5.62. The van der Waals surface area contributed by atoms with E-state index in [1.807, 2.05) is 49.4 Å². The van der Waals surface area contributed by atoms with Crippen molar-refractivity contribution >= 4 is 22.6 Å². The first-order valence-electron chi connectivity index (χ1n) is 10.7. The number of alkyl halides is 3. The first-order chi connectivity index (χ1) is 16.3. The summed E-state index contributed by atoms with van der Waals surface area (Å²) in [4.78, 5) is 4.68. The van der Waals surface area contributed by atoms with Crippen LogP contribution in [0.15, 0.2) is 84.9 Å². The fourth-order valence-corrected chi connectivity index (χ4v) is 4.07. The van der Waals surface area contributed by atoms with E-state index in [0.29, 0.717) is 16.1 Å². The van der Waals surface area contributed by atoms with Gasteiger partial charge in [0.2, 0.25) is 0 Å². The van der Waals surface area contributed by atoms with Gasteiger partial charge >= 0.3 is 6.18 Å². The van der Waals surface area contributed by atoms with E-state index in [-0.39, 0.29) is 29.0 Å². The Bertz CT molecular complexity index is 1460. The molecule has 0 amide bonds. The average molecular weight is 478 g/mol. The van der Waals surface area contributed by atoms with Gasteiger partial charge in [-0.15, -0.1) is 0 Å². The topological polar surface area (TPSA) is 30.7 Å². The predicted molar refractivity (Wildman–Crippen MR) is 129 cm³/mol. The van der Waals surface area contributed by atoms with Crippen LogP contribution in [0.1, 0.15) is 16.7 Å². The van der Waals surface area contributed by atoms with Crippen molar-refractivity contribution in [2.75, 3.05) is 0 Å². The highest BCUT2D eigenvalue weighted by molar-refractivity contribution is 6.30. The van der Waals surface area contributed by atoms with Crippen LogP contribution >= 0.6 is 11.6 Å². The standard InChI is InChI=1S/C27H19ClF3N3/c1-17-7-9-19(10-8-17)23-15-22(27(29,30)31)24-25(20-11-13-21(28)14-12-20)33-34(26(24)32-23)16-18-5-3-2-4-6-18/h2-15H,16H2,1H3. The number of hydrogen-bond acceptors (Lipinski definition) is 2. The monoisotopic (exact) mass is 477 g/mol. The Balaban J connectivity index is 1.81. The SMILES string of the molecule is Cc1ccc(-c2cc(C(F)(F)F)c3c(-c4ccc(Cl)cc4)nn(Cc4ccccc4)c3n2)cc1. The molecule has 3 aromatic carbocycles. The second kappa shape index (κ2) is 8.61. The molecule has 0 aliphatic rings. The van der Waals surface area contributed by atoms with Crippen LogP contribution in [0.2, 0.25) is 5.02 Å². The number of nitrogens with zero attached hydrogens (tertiary/aromatic N) is 3. The van der Waals surface area contributed by atoms with Crippen LogP contribution in [0, 0.1) is 6.92 Å². The summed E-state index contributed by atoms with van der Waals surface area (Å²) in [5.41, 5.74) is 2.95. The molecule has 5 rings (SSSR count). The summed E-state index contributed by atoms with van der Waals surface area (Å²) in [7, 11) is 0. The predicted octanol–water partition coefficient (Wildman–Crippen LogP) is 7.79. The molecule has 3 nitrogen and oxygen atoms in total. The Morgan fingerprint density at radius 3 is 2.15 bits per heavy atom. The first-order valence-corrected chi connectivity index (χ1v) is 11.0. The van der Waals surface area contributed by atoms with Crippen molar-refractivity contribution < 1.29 is 13.2 Å². The summed E-state index contributed by atoms with van der Waals surface area (Å²) in [5.74, 6) is 0. The number of aromatic nitrogens is 3. The number of halogens is 4. The molecule has 2 aromatic heterocycles. The Morgan fingerprint density at radius 1 is 0.853 bits per heavy atom. The highest BCUT2D eigenvalue weighted by Crippen LogP contribution is 2.41. The zero-order valence-electron chi connectivity index (χ0n) is 18.1. The lowest BCUT2D eigenvalue weighted by atomic mass is 10.0. The molecule has 5 aromatic rings. The van der Waals surface area contributed by atoms with E-state index in [9.17, 15) is 13.2 Å². The van der Waals surface area contributed by atoms with E-state index < -0.39 is 11.7 Å². The van der Waals surface area contributed by atoms with Crippen LogP contribution in [-0.2, 0) is 12.7 Å². The molecule has 0 unspecified atom stereocenters. The molecular formula is C27H19ClF3N3. The number of rotatable bonds is 4. The lowest BCUT2D eigenvalue weighted by Crippen LogP contribution is -2.08. The highest BCUT2D eigenvalue weighted by Gasteiger charge is 2.36. The number of pyridine rings is 1. The molecule has 0 fully saturated rings. The molecule has 7 heteroatoms. The molecule has 170 valence electrons. The molecule has 0 aliphatic carbocycles. The molecule has 0 atom stereocenters. The Hall–Kier alpha value is -3.64. The van der Waals surface area contributed by atoms with Gasteiger partial charge in [-0.25, -0.2) is 9.67 Å². The largest absolute Gasteiger partial charge is 0.417 e. The van der Waals surface area contributed by atoms with Crippen molar-refractivity contribution in [3.05, 3.63) is 107 Å². The third-order valence-electron chi connectivity index (χ3n) is 5.65. The molecule has 34 heavy (non-hydrogen) atoms. The quantitative estimate of drug-likeness (QED) is 0.264. The van der Waals surface area contributed by atoms with Crippen LogP contribution < -0.4 is 0 Å². The van der Waals surface area contributed by atoms with E-state index in [1.165, 1.54) is 0 Å². The highest BCUT2D eigenvalue weighted by atomic mass is 35.5. The minimum atomic E-state index is -4.59. The lowest BCUT2D eigenvalue weighted by molar-refractivity contribution is -0.136. The Labute approximate surface area is 199 Å². The van der Waals surface area contributed by atoms with Gasteiger partial charge in [0.05, 0.1) is 23.2 Å². The zero-order chi connectivity index (χ0) is 23.9. The van der Waals surface area contributed by atoms with Gasteiger partial charge in [0.15, 0.2) is 5.65 Å². The molecule has 0 saturated heterocycles. The third-order valence-corrected chi connectivity index (χ3v) is 5.90. The molecule has 0 aliphatic heterocycles. The molecule has 0 radical (unpaired) electrons. The summed E-state index contributed by atoms with van der Waals surface area (Å²) in [6.45, 7) is 2.21. The van der Waals surface area contributed by atoms with E-state index in [2.05, 4.69) is 10.1 Å². The summed E-state index contributed by atoms with van der Waals surface area (Å²) in [6, 6.07) is 24.5. The van der Waals surface area contributed by atoms with Gasteiger partial charge in [-0.2, -0.15) is 18.3 Å². The van der Waals surface area contributed by atoms with Crippen molar-refractivity contribution in [1.82, 2.24) is 14.8 Å². The van der Waals surface area contributed by atoms with Crippen LogP contribution in [0.4, 0.5) is 13.2 Å². The molecule has 0 N–H and O–H groups in total. The second-order valence-corrected chi connectivity index (χ2v) is 8.55. The summed E-state index contributed by atoms with van der Waals surface area (Å²) in [5, 5.41) is 5.09. The van der Waals surface area contributed by atoms with Crippen LogP contribution in [0.25, 0.3) is 33.5 Å².